The van der Waals surface area contributed by atoms with Crippen LogP contribution >= 0.6 is 0 Å². The third kappa shape index (κ3) is 8.67. The Hall–Kier alpha value is -5.71. The van der Waals surface area contributed by atoms with Crippen LogP contribution in [0.15, 0.2) is 48.8 Å². The SMILES string of the molecule is Nc1nccc(C(=O)Nc2cc3cn(C4CCN(CC5CCN(c6ccc(C(=O)N[C@H]7CCC(=O)NC7=O)c(F)c6)CC5)CC4)nc3cc2N2CCCC(F)C2)n1. The van der Waals surface area contributed by atoms with Crippen LogP contribution in [-0.2, 0) is 9.59 Å². The fraction of sp³-hybridized carbons (Fsp3) is 0.475. The number of anilines is 4. The maximum Gasteiger partial charge on any atom is 0.274 e. The minimum atomic E-state index is -0.950. The van der Waals surface area contributed by atoms with Crippen LogP contribution in [0.4, 0.5) is 31.8 Å². The number of amides is 4. The van der Waals surface area contributed by atoms with Crippen molar-refractivity contribution in [2.45, 2.75) is 69.6 Å². The number of carbonyl (C=O) groups excluding carboxylic acids is 4. The van der Waals surface area contributed by atoms with E-state index < -0.39 is 35.8 Å². The molecule has 4 amide bonds. The molecule has 1 unspecified atom stereocenters. The fourth-order valence-corrected chi connectivity index (χ4v) is 8.52. The topological polar surface area (TPSA) is 184 Å². The van der Waals surface area contributed by atoms with E-state index in [0.29, 0.717) is 31.0 Å². The summed E-state index contributed by atoms with van der Waals surface area (Å²) in [7, 11) is 0. The highest BCUT2D eigenvalue weighted by atomic mass is 19.1. The van der Waals surface area contributed by atoms with Crippen LogP contribution in [0.25, 0.3) is 10.9 Å². The van der Waals surface area contributed by atoms with Gasteiger partial charge < -0.3 is 31.1 Å². The van der Waals surface area contributed by atoms with E-state index in [9.17, 15) is 23.6 Å². The number of benzene rings is 2. The third-order valence-electron chi connectivity index (χ3n) is 11.7. The summed E-state index contributed by atoms with van der Waals surface area (Å²) in [6, 6.07) is 9.27. The Bertz CT molecular complexity index is 2170. The van der Waals surface area contributed by atoms with Gasteiger partial charge >= 0.3 is 0 Å². The van der Waals surface area contributed by atoms with E-state index in [1.54, 1.807) is 6.07 Å². The number of aromatic nitrogens is 4. The molecule has 300 valence electrons. The monoisotopic (exact) mass is 783 g/mol. The normalized spacial score (nSPS) is 21.4. The molecule has 2 aromatic heterocycles. The Balaban J connectivity index is 0.852. The summed E-state index contributed by atoms with van der Waals surface area (Å²) < 4.78 is 31.7. The number of fused-ring (bicyclic) bond motifs is 1. The van der Waals surface area contributed by atoms with Gasteiger partial charge in [0, 0.05) is 75.7 Å². The summed E-state index contributed by atoms with van der Waals surface area (Å²) >= 11 is 0. The van der Waals surface area contributed by atoms with Crippen LogP contribution < -0.4 is 31.5 Å². The van der Waals surface area contributed by atoms with Crippen molar-refractivity contribution in [3.63, 3.8) is 0 Å². The second-order valence-electron chi connectivity index (χ2n) is 15.6. The van der Waals surface area contributed by atoms with Crippen molar-refractivity contribution in [2.75, 3.05) is 66.7 Å². The predicted molar refractivity (Wildman–Crippen MR) is 210 cm³/mol. The zero-order valence-corrected chi connectivity index (χ0v) is 31.6. The Labute approximate surface area is 328 Å². The van der Waals surface area contributed by atoms with Crippen molar-refractivity contribution in [3.8, 4) is 0 Å². The molecular formula is C40H47F2N11O4. The van der Waals surface area contributed by atoms with Gasteiger partial charge in [0.2, 0.25) is 17.8 Å². The number of hydrogen-bond donors (Lipinski definition) is 4. The quantitative estimate of drug-likeness (QED) is 0.181. The summed E-state index contributed by atoms with van der Waals surface area (Å²) in [6.07, 6.45) is 7.87. The van der Waals surface area contributed by atoms with Gasteiger partial charge in [-0.25, -0.2) is 18.7 Å². The van der Waals surface area contributed by atoms with Gasteiger partial charge in [0.15, 0.2) is 0 Å². The lowest BCUT2D eigenvalue weighted by Gasteiger charge is -2.38. The molecule has 2 atom stereocenters. The van der Waals surface area contributed by atoms with E-state index in [0.717, 1.165) is 80.7 Å². The van der Waals surface area contributed by atoms with E-state index in [1.165, 1.54) is 24.4 Å². The molecule has 0 saturated carbocycles. The number of imide groups is 1. The van der Waals surface area contributed by atoms with Crippen LogP contribution in [0.3, 0.4) is 0 Å². The second kappa shape index (κ2) is 16.4. The van der Waals surface area contributed by atoms with Crippen LogP contribution in [0.5, 0.6) is 0 Å². The summed E-state index contributed by atoms with van der Waals surface area (Å²) in [5.74, 6) is -2.21. The Morgan fingerprint density at radius 2 is 1.74 bits per heavy atom. The van der Waals surface area contributed by atoms with E-state index in [2.05, 4.69) is 35.7 Å². The van der Waals surface area contributed by atoms with Crippen molar-refractivity contribution >= 4 is 57.5 Å². The number of nitrogens with one attached hydrogen (secondary N) is 3. The van der Waals surface area contributed by atoms with Gasteiger partial charge in [0.1, 0.15) is 23.7 Å². The van der Waals surface area contributed by atoms with Gasteiger partial charge in [-0.2, -0.15) is 5.10 Å². The molecule has 0 spiro atoms. The van der Waals surface area contributed by atoms with Gasteiger partial charge in [0.05, 0.1) is 28.5 Å². The van der Waals surface area contributed by atoms with Gasteiger partial charge in [-0.1, -0.05) is 0 Å². The minimum absolute atomic E-state index is 0.00403. The number of alkyl halides is 1. The smallest absolute Gasteiger partial charge is 0.274 e. The zero-order valence-electron chi connectivity index (χ0n) is 31.6. The molecular weight excluding hydrogens is 737 g/mol. The number of carbonyl (C=O) groups is 4. The third-order valence-corrected chi connectivity index (χ3v) is 11.7. The first-order valence-electron chi connectivity index (χ1n) is 19.8. The molecule has 17 heteroatoms. The molecule has 0 radical (unpaired) electrons. The van der Waals surface area contributed by atoms with Gasteiger partial charge in [-0.15, -0.1) is 0 Å². The van der Waals surface area contributed by atoms with E-state index in [-0.39, 0.29) is 48.5 Å². The number of piperidine rings is 4. The first kappa shape index (κ1) is 38.2. The highest BCUT2D eigenvalue weighted by molar-refractivity contribution is 6.07. The molecule has 4 saturated heterocycles. The van der Waals surface area contributed by atoms with Gasteiger partial charge in [0.25, 0.3) is 11.8 Å². The first-order valence-corrected chi connectivity index (χ1v) is 19.8. The lowest BCUT2D eigenvalue weighted by atomic mass is 9.94. The molecule has 0 bridgehead atoms. The summed E-state index contributed by atoms with van der Waals surface area (Å²) in [4.78, 5) is 63.9. The van der Waals surface area contributed by atoms with Crippen LogP contribution in [-0.4, -0.2) is 106 Å². The largest absolute Gasteiger partial charge is 0.371 e. The standard InChI is InChI=1S/C40H47F2N11O4/c41-26-2-1-13-52(23-26)35-20-33-25(18-34(35)46-38(56)32-7-12-44-40(43)47-32)22-53(49-33)27-10-14-50(15-11-27)21-24-8-16-51(17-9-24)28-3-4-29(30(42)19-28)37(55)45-31-5-6-36(54)48-39(31)57/h3-4,7,12,18-20,22,24,26-27,31H,1-2,5-6,8-11,13-17,21,23H2,(H,45,55)(H,46,56)(H2,43,44,47)(H,48,54,57)/t26?,31-/m0/s1. The average molecular weight is 784 g/mol. The molecule has 4 aliphatic heterocycles. The lowest BCUT2D eigenvalue weighted by Crippen LogP contribution is -2.52. The summed E-state index contributed by atoms with van der Waals surface area (Å²) in [6.45, 7) is 5.35. The van der Waals surface area contributed by atoms with Crippen molar-refractivity contribution in [1.82, 2.24) is 35.3 Å². The first-order chi connectivity index (χ1) is 27.6. The minimum Gasteiger partial charge on any atom is -0.371 e. The van der Waals surface area contributed by atoms with E-state index in [4.69, 9.17) is 10.8 Å². The Kier molecular flexibility index (Phi) is 11.0. The number of rotatable bonds is 9. The predicted octanol–water partition coefficient (Wildman–Crippen LogP) is 3.83. The zero-order chi connectivity index (χ0) is 39.6. The Morgan fingerprint density at radius 1 is 0.930 bits per heavy atom. The van der Waals surface area contributed by atoms with Gasteiger partial charge in [-0.3, -0.25) is 29.2 Å². The fourth-order valence-electron chi connectivity index (χ4n) is 8.52. The van der Waals surface area contributed by atoms with Crippen molar-refractivity contribution in [3.05, 3.63) is 65.9 Å². The number of likely N-dealkylation sites (tertiary alicyclic amines) is 1. The van der Waals surface area contributed by atoms with E-state index in [1.807, 2.05) is 27.9 Å². The number of nitrogens with two attached hydrogens (primary N) is 1. The van der Waals surface area contributed by atoms with Crippen LogP contribution in [0.2, 0.25) is 0 Å². The molecule has 4 fully saturated rings. The molecule has 8 rings (SSSR count). The van der Waals surface area contributed by atoms with Crippen molar-refractivity contribution in [1.29, 1.82) is 0 Å². The number of hydrogen-bond acceptors (Lipinski definition) is 11. The summed E-state index contributed by atoms with van der Waals surface area (Å²) in [5.41, 5.74) is 8.52. The van der Waals surface area contributed by atoms with Crippen molar-refractivity contribution in [2.24, 2.45) is 5.92 Å². The molecule has 15 nitrogen and oxygen atoms in total. The molecule has 0 aliphatic carbocycles. The van der Waals surface area contributed by atoms with E-state index >= 15 is 4.39 Å². The van der Waals surface area contributed by atoms with Crippen molar-refractivity contribution < 1.29 is 28.0 Å². The Morgan fingerprint density at radius 3 is 2.47 bits per heavy atom. The lowest BCUT2D eigenvalue weighted by molar-refractivity contribution is -0.134. The highest BCUT2D eigenvalue weighted by Crippen LogP contribution is 2.35. The molecule has 4 aromatic rings. The maximum atomic E-state index is 15.1. The highest BCUT2D eigenvalue weighted by Gasteiger charge is 2.30. The number of nitrogens with zero attached hydrogens (tertiary/aromatic N) is 7. The number of halogens is 2. The second-order valence-corrected chi connectivity index (χ2v) is 15.6. The molecule has 6 heterocycles. The maximum absolute atomic E-state index is 15.1. The number of nitrogen functional groups attached to an aromatic ring is 1. The van der Waals surface area contributed by atoms with Gasteiger partial charge in [-0.05, 0) is 87.3 Å². The molecule has 5 N–H and O–H groups in total. The van der Waals surface area contributed by atoms with Crippen LogP contribution in [0, 0.1) is 11.7 Å². The molecule has 57 heavy (non-hydrogen) atoms. The molecule has 4 aliphatic rings. The van der Waals surface area contributed by atoms with Crippen LogP contribution in [0.1, 0.15) is 78.3 Å². The molecule has 2 aromatic carbocycles. The summed E-state index contributed by atoms with van der Waals surface area (Å²) in [5, 5.41) is 13.6. The average Bonchev–Trinajstić information content (AvgIpc) is 3.62.